The van der Waals surface area contributed by atoms with Crippen LogP contribution in [-0.4, -0.2) is 0 Å². The molecule has 0 bridgehead atoms. The van der Waals surface area contributed by atoms with Crippen molar-refractivity contribution in [2.75, 3.05) is 0 Å². The van der Waals surface area contributed by atoms with Crippen molar-refractivity contribution < 1.29 is 75.5 Å². The summed E-state index contributed by atoms with van der Waals surface area (Å²) in [5.41, 5.74) is 0. The number of rotatable bonds is 0. The molecule has 72 valence electrons. The molecule has 0 amide bonds. The van der Waals surface area contributed by atoms with E-state index in [0.717, 1.165) is 0 Å². The molecule has 0 unspecified atom stereocenters. The van der Waals surface area contributed by atoms with E-state index in [4.69, 9.17) is 43.1 Å². The van der Waals surface area contributed by atoms with Gasteiger partial charge in [-0.15, -0.1) is 0 Å². The Morgan fingerprint density at radius 3 is 0.615 bits per heavy atom. The minimum Gasteiger partial charge on any atom is -0.598 e. The van der Waals surface area contributed by atoms with Crippen LogP contribution >= 0.6 is 24.8 Å². The smallest absolute Gasteiger partial charge is 0.598 e. The van der Waals surface area contributed by atoms with Crippen LogP contribution in [0.2, 0.25) is 0 Å². The Kier molecular flexibility index (Phi) is 34.2. The average Bonchev–Trinajstić information content (AvgIpc) is 1.54. The summed E-state index contributed by atoms with van der Waals surface area (Å²) >= 11 is 0. The molecule has 0 spiro atoms. The maximum Gasteiger partial charge on any atom is 1.00 e. The Morgan fingerprint density at radius 2 is 0.615 bits per heavy atom. The third-order valence-electron chi connectivity index (χ3n) is 0. The molecular weight excluding hydrogens is 260 g/mol. The van der Waals surface area contributed by atoms with Crippen LogP contribution in [0.15, 0.2) is 0 Å². The van der Waals surface area contributed by atoms with Crippen molar-refractivity contribution in [2.45, 2.75) is 0 Å². The van der Waals surface area contributed by atoms with Crippen molar-refractivity contribution in [1.29, 1.82) is 0 Å². The van der Waals surface area contributed by atoms with Gasteiger partial charge in [-0.05, 0) is 0 Å². The van der Waals surface area contributed by atoms with Crippen molar-refractivity contribution in [3.8, 4) is 0 Å². The third kappa shape index (κ3) is 1420. The van der Waals surface area contributed by atoms with E-state index >= 15 is 0 Å². The molecule has 0 aromatic carbocycles. The third-order valence-corrected chi connectivity index (χ3v) is 0. The summed E-state index contributed by atoms with van der Waals surface area (Å²) in [5, 5.41) is 0. The Labute approximate surface area is 100 Å². The summed E-state index contributed by atoms with van der Waals surface area (Å²) in [4.78, 5) is 50.9. The van der Waals surface area contributed by atoms with Crippen LogP contribution in [0, 0.1) is 0 Å². The fraction of sp³-hybridized carbons (Fsp3) is 0. The predicted molar refractivity (Wildman–Crippen MR) is 25.0 cm³/mol. The summed E-state index contributed by atoms with van der Waals surface area (Å²) in [7, 11) is -10.1. The first kappa shape index (κ1) is 23.7. The van der Waals surface area contributed by atoms with Gasteiger partial charge in [0.15, 0.2) is 0 Å². The van der Waals surface area contributed by atoms with E-state index < -0.39 is 24.8 Å². The zero-order valence-electron chi connectivity index (χ0n) is 8.02. The van der Waals surface area contributed by atoms with Crippen molar-refractivity contribution in [3.05, 3.63) is 0 Å². The van der Waals surface area contributed by atoms with Gasteiger partial charge in [0.2, 0.25) is 0 Å². The summed E-state index contributed by atoms with van der Waals surface area (Å²) in [6.45, 7) is 0. The first-order valence-corrected chi connectivity index (χ1v) is 4.93. The Hall–Kier alpha value is 1.06. The van der Waals surface area contributed by atoms with Gasteiger partial charge in [-0.1, -0.05) is 13.7 Å². The Balaban J connectivity index is -0.0000000184. The largest absolute Gasteiger partial charge is 1.00 e. The van der Waals surface area contributed by atoms with Crippen LogP contribution < -0.4 is 58.9 Å². The van der Waals surface area contributed by atoms with Gasteiger partial charge in [-0.25, -0.2) is 0 Å². The van der Waals surface area contributed by atoms with Gasteiger partial charge < -0.3 is 29.4 Å². The average molecular weight is 262 g/mol. The summed E-state index contributed by atoms with van der Waals surface area (Å²) in [6.07, 6.45) is 0. The van der Waals surface area contributed by atoms with Crippen LogP contribution in [0.3, 0.4) is 0 Å². The summed E-state index contributed by atoms with van der Waals surface area (Å²) in [6, 6.07) is 0. The zero-order valence-corrected chi connectivity index (χ0v) is 10.7. The van der Waals surface area contributed by atoms with Gasteiger partial charge in [-0.3, -0.25) is 0 Å². The van der Waals surface area contributed by atoms with E-state index in [9.17, 15) is 0 Å². The van der Waals surface area contributed by atoms with Gasteiger partial charge >= 0.3 is 32.4 Å². The molecule has 0 fully saturated rings. The van der Waals surface area contributed by atoms with Gasteiger partial charge in [-0.2, -0.15) is 0 Å². The molecule has 9 nitrogen and oxygen atoms in total. The van der Waals surface area contributed by atoms with Crippen LogP contribution in [0.1, 0.15) is 2.85 Å². The quantitative estimate of drug-likeness (QED) is 0.301. The molecule has 0 aliphatic carbocycles. The van der Waals surface area contributed by atoms with E-state index in [-0.39, 0.29) is 32.4 Å². The standard InChI is InChI=1S/Na.3HO3P/c;3*1-4(2)3/h;3*(H,1,2,3)/q+1;;;/p-1. The molecule has 0 aliphatic rings. The van der Waals surface area contributed by atoms with Crippen molar-refractivity contribution in [1.82, 2.24) is 0 Å². The van der Waals surface area contributed by atoms with Crippen LogP contribution in [0.5, 0.6) is 0 Å². The second-order valence-corrected chi connectivity index (χ2v) is 2.01. The van der Waals surface area contributed by atoms with E-state index in [2.05, 4.69) is 0 Å². The van der Waals surface area contributed by atoms with Gasteiger partial charge in [0.1, 0.15) is 0 Å². The normalized spacial score (nSPS) is 6.00. The molecule has 0 aromatic heterocycles. The first-order valence-electron chi connectivity index (χ1n) is 1.64. The minimum atomic E-state index is -3.37. The van der Waals surface area contributed by atoms with E-state index in [1.807, 2.05) is 0 Å². The van der Waals surface area contributed by atoms with Gasteiger partial charge in [0.05, 0.1) is 0 Å². The molecule has 0 atom stereocenters. The summed E-state index contributed by atoms with van der Waals surface area (Å²) < 4.78 is 25.4. The molecule has 0 aromatic rings. The molecular formula is H2NaO9P3. The molecule has 0 radical (unpaired) electrons. The molecule has 0 N–H and O–H groups in total. The fourth-order valence-corrected chi connectivity index (χ4v) is 0. The van der Waals surface area contributed by atoms with Crippen LogP contribution in [0.25, 0.3) is 0 Å². The maximum atomic E-state index is 8.48. The molecule has 0 heterocycles. The zero-order chi connectivity index (χ0) is 10.7. The molecule has 13 heteroatoms. The monoisotopic (exact) mass is 262 g/mol. The first-order chi connectivity index (χ1) is 5.20. The molecule has 0 aliphatic heterocycles. The van der Waals surface area contributed by atoms with Crippen molar-refractivity contribution >= 4 is 24.8 Å². The Morgan fingerprint density at radius 1 is 0.615 bits per heavy atom. The van der Waals surface area contributed by atoms with Gasteiger partial charge in [0, 0.05) is 0 Å². The molecule has 0 saturated carbocycles. The van der Waals surface area contributed by atoms with Crippen LogP contribution in [0.4, 0.5) is 0 Å². The van der Waals surface area contributed by atoms with E-state index in [1.165, 1.54) is 0 Å². The molecule has 0 rings (SSSR count). The van der Waals surface area contributed by atoms with Crippen molar-refractivity contribution in [3.63, 3.8) is 0 Å². The summed E-state index contributed by atoms with van der Waals surface area (Å²) in [5.74, 6) is 0. The predicted octanol–water partition coefficient (Wildman–Crippen LogP) is -7.68. The van der Waals surface area contributed by atoms with E-state index in [1.54, 1.807) is 0 Å². The van der Waals surface area contributed by atoms with Gasteiger partial charge in [0.25, 0.3) is 24.8 Å². The molecule has 13 heavy (non-hydrogen) atoms. The SMILES string of the molecule is O=[P+]([O-])[O-].O=[P+]([O-])[O-].O=[P+]([O-])[O-].[H+].[H+].[Na+]. The number of hydrogen-bond donors (Lipinski definition) is 0. The maximum absolute atomic E-state index is 8.48. The second kappa shape index (κ2) is 18.8. The fourth-order valence-electron chi connectivity index (χ4n) is 0. The van der Waals surface area contributed by atoms with Crippen molar-refractivity contribution in [2.24, 2.45) is 0 Å². The van der Waals surface area contributed by atoms with Crippen LogP contribution in [-0.2, 0) is 13.7 Å². The second-order valence-electron chi connectivity index (χ2n) is 0.671. The van der Waals surface area contributed by atoms with E-state index in [0.29, 0.717) is 0 Å². The Bertz CT molecular complexity index is 121. The molecule has 0 saturated heterocycles. The topological polar surface area (TPSA) is 190 Å². The minimum absolute atomic E-state index is 0. The number of hydrogen-bond acceptors (Lipinski definition) is 9.